The summed E-state index contributed by atoms with van der Waals surface area (Å²) in [5.74, 6) is 0. The summed E-state index contributed by atoms with van der Waals surface area (Å²) in [6, 6.07) is 23.2. The molecule has 5 aromatic rings. The lowest BCUT2D eigenvalue weighted by atomic mass is 10.0. The molecular formula is C23H17N3O2. The number of H-pyrrole nitrogens is 2. The van der Waals surface area contributed by atoms with E-state index in [1.807, 2.05) is 79.1 Å². The van der Waals surface area contributed by atoms with Crippen LogP contribution in [0.25, 0.3) is 32.9 Å². The normalized spacial score (nSPS) is 11.1. The van der Waals surface area contributed by atoms with E-state index in [-0.39, 0.29) is 0 Å². The number of aromatic amines is 2. The molecule has 0 aliphatic rings. The molecule has 5 heteroatoms. The average molecular weight is 367 g/mol. The molecule has 0 saturated heterocycles. The molecule has 0 spiro atoms. The van der Waals surface area contributed by atoms with Crippen molar-refractivity contribution in [1.29, 1.82) is 0 Å². The van der Waals surface area contributed by atoms with Crippen LogP contribution in [0.5, 0.6) is 0 Å². The maximum Gasteiger partial charge on any atom is 0.416 e. The highest BCUT2D eigenvalue weighted by atomic mass is 16.4. The fraction of sp³-hybridized carbons (Fsp3) is 0. The third-order valence-corrected chi connectivity index (χ3v) is 5.00. The Morgan fingerprint density at radius 1 is 0.786 bits per heavy atom. The zero-order chi connectivity index (χ0) is 19.1. The van der Waals surface area contributed by atoms with E-state index in [1.54, 1.807) is 0 Å². The van der Waals surface area contributed by atoms with E-state index >= 15 is 0 Å². The summed E-state index contributed by atoms with van der Waals surface area (Å²) in [7, 11) is 0. The molecule has 0 aliphatic heterocycles. The summed E-state index contributed by atoms with van der Waals surface area (Å²) in [4.78, 5) is 19.9. The van der Waals surface area contributed by atoms with Crippen LogP contribution in [0.4, 0.5) is 16.2 Å². The predicted molar refractivity (Wildman–Crippen MR) is 112 cm³/mol. The zero-order valence-electron chi connectivity index (χ0n) is 14.9. The number of para-hydroxylation sites is 1. The van der Waals surface area contributed by atoms with E-state index in [9.17, 15) is 9.90 Å². The molecule has 0 saturated carbocycles. The highest BCUT2D eigenvalue weighted by Crippen LogP contribution is 2.37. The number of nitrogens with zero attached hydrogens (tertiary/aromatic N) is 1. The highest BCUT2D eigenvalue weighted by molar-refractivity contribution is 6.02. The van der Waals surface area contributed by atoms with Crippen molar-refractivity contribution in [2.75, 3.05) is 4.90 Å². The predicted octanol–water partition coefficient (Wildman–Crippen LogP) is 6.13. The number of benzene rings is 3. The molecule has 0 radical (unpaired) electrons. The maximum atomic E-state index is 12.2. The van der Waals surface area contributed by atoms with Crippen molar-refractivity contribution in [2.45, 2.75) is 0 Å². The smallest absolute Gasteiger partial charge is 0.416 e. The highest BCUT2D eigenvalue weighted by Gasteiger charge is 2.21. The Morgan fingerprint density at radius 3 is 2.21 bits per heavy atom. The first-order valence-electron chi connectivity index (χ1n) is 8.97. The first-order valence-corrected chi connectivity index (χ1v) is 8.97. The summed E-state index contributed by atoms with van der Waals surface area (Å²) < 4.78 is 0. The minimum Gasteiger partial charge on any atom is -0.464 e. The number of carbonyl (C=O) groups is 1. The fourth-order valence-corrected chi connectivity index (χ4v) is 3.67. The number of amides is 1. The third kappa shape index (κ3) is 2.61. The Hall–Kier alpha value is -3.99. The third-order valence-electron chi connectivity index (χ3n) is 5.00. The first kappa shape index (κ1) is 16.2. The Labute approximate surface area is 160 Å². The van der Waals surface area contributed by atoms with Gasteiger partial charge in [0.15, 0.2) is 0 Å². The largest absolute Gasteiger partial charge is 0.464 e. The van der Waals surface area contributed by atoms with Gasteiger partial charge in [-0.15, -0.1) is 0 Å². The molecule has 0 aliphatic carbocycles. The second kappa shape index (κ2) is 6.32. The number of nitrogens with one attached hydrogen (secondary N) is 2. The van der Waals surface area contributed by atoms with Gasteiger partial charge in [0.05, 0.1) is 11.4 Å². The van der Waals surface area contributed by atoms with Crippen molar-refractivity contribution in [3.8, 4) is 11.1 Å². The van der Waals surface area contributed by atoms with Gasteiger partial charge < -0.3 is 15.1 Å². The van der Waals surface area contributed by atoms with Crippen molar-refractivity contribution in [2.24, 2.45) is 0 Å². The van der Waals surface area contributed by atoms with E-state index in [2.05, 4.69) is 16.0 Å². The lowest BCUT2D eigenvalue weighted by Gasteiger charge is -2.23. The molecule has 2 aromatic heterocycles. The van der Waals surface area contributed by atoms with E-state index in [0.717, 1.165) is 32.9 Å². The standard InChI is InChI=1S/C23H17N3O2/c27-23(28)26(18-6-8-21-17(14-18)10-12-25-21)22-4-2-1-3-19(22)15-5-7-20-16(13-15)9-11-24-20/h1-14,24-25H,(H,27,28). The molecule has 5 rings (SSSR count). The van der Waals surface area contributed by atoms with Gasteiger partial charge in [-0.3, -0.25) is 0 Å². The van der Waals surface area contributed by atoms with Crippen LogP contribution in [0.3, 0.4) is 0 Å². The van der Waals surface area contributed by atoms with Gasteiger partial charge >= 0.3 is 6.09 Å². The SMILES string of the molecule is O=C(O)N(c1ccc2[nH]ccc2c1)c1ccccc1-c1ccc2[nH]ccc2c1. The second-order valence-electron chi connectivity index (χ2n) is 6.66. The minimum absolute atomic E-state index is 0.606. The van der Waals surface area contributed by atoms with Crippen LogP contribution < -0.4 is 4.90 Å². The van der Waals surface area contributed by atoms with Crippen molar-refractivity contribution >= 4 is 39.3 Å². The van der Waals surface area contributed by atoms with Crippen LogP contribution in [0, 0.1) is 0 Å². The zero-order valence-corrected chi connectivity index (χ0v) is 14.9. The topological polar surface area (TPSA) is 72.1 Å². The Bertz CT molecular complexity index is 1320. The average Bonchev–Trinajstić information content (AvgIpc) is 3.36. The molecule has 0 atom stereocenters. The summed E-state index contributed by atoms with van der Waals surface area (Å²) in [6.45, 7) is 0. The number of rotatable bonds is 3. The van der Waals surface area contributed by atoms with Crippen molar-refractivity contribution in [3.63, 3.8) is 0 Å². The van der Waals surface area contributed by atoms with Gasteiger partial charge in [-0.1, -0.05) is 24.3 Å². The molecule has 0 unspecified atom stereocenters. The van der Waals surface area contributed by atoms with Gasteiger partial charge in [-0.2, -0.15) is 0 Å². The van der Waals surface area contributed by atoms with Crippen molar-refractivity contribution < 1.29 is 9.90 Å². The number of aromatic nitrogens is 2. The number of fused-ring (bicyclic) bond motifs is 2. The van der Waals surface area contributed by atoms with Crippen molar-refractivity contribution in [1.82, 2.24) is 9.97 Å². The number of hydrogen-bond acceptors (Lipinski definition) is 1. The quantitative estimate of drug-likeness (QED) is 0.359. The van der Waals surface area contributed by atoms with E-state index in [1.165, 1.54) is 4.90 Å². The summed E-state index contributed by atoms with van der Waals surface area (Å²) in [5, 5.41) is 12.1. The minimum atomic E-state index is -1.02. The van der Waals surface area contributed by atoms with Crippen LogP contribution in [0.2, 0.25) is 0 Å². The first-order chi connectivity index (χ1) is 13.7. The van der Waals surface area contributed by atoms with Gasteiger partial charge in [-0.05, 0) is 59.5 Å². The molecule has 0 fully saturated rings. The van der Waals surface area contributed by atoms with Crippen molar-refractivity contribution in [3.05, 3.63) is 85.2 Å². The summed E-state index contributed by atoms with van der Waals surface area (Å²) in [5.41, 5.74) is 5.09. The van der Waals surface area contributed by atoms with Crippen LogP contribution in [0.15, 0.2) is 85.2 Å². The van der Waals surface area contributed by atoms with Gasteiger partial charge in [-0.25, -0.2) is 9.69 Å². The van der Waals surface area contributed by atoms with E-state index in [0.29, 0.717) is 11.4 Å². The van der Waals surface area contributed by atoms with Crippen LogP contribution >= 0.6 is 0 Å². The lowest BCUT2D eigenvalue weighted by Crippen LogP contribution is -2.24. The van der Waals surface area contributed by atoms with Crippen LogP contribution in [-0.4, -0.2) is 21.2 Å². The Balaban J connectivity index is 1.68. The number of carboxylic acid groups (broad SMARTS) is 1. The molecule has 28 heavy (non-hydrogen) atoms. The molecule has 5 nitrogen and oxygen atoms in total. The Morgan fingerprint density at radius 2 is 1.46 bits per heavy atom. The van der Waals surface area contributed by atoms with Gasteiger partial charge in [0, 0.05) is 34.4 Å². The monoisotopic (exact) mass is 367 g/mol. The molecule has 2 heterocycles. The van der Waals surface area contributed by atoms with Gasteiger partial charge in [0.25, 0.3) is 0 Å². The number of anilines is 2. The molecule has 1 amide bonds. The molecule has 3 N–H and O–H groups in total. The fourth-order valence-electron chi connectivity index (χ4n) is 3.67. The van der Waals surface area contributed by atoms with Crippen LogP contribution in [-0.2, 0) is 0 Å². The molecule has 0 bridgehead atoms. The molecule has 3 aromatic carbocycles. The van der Waals surface area contributed by atoms with Crippen LogP contribution in [0.1, 0.15) is 0 Å². The molecule has 136 valence electrons. The van der Waals surface area contributed by atoms with Gasteiger partial charge in [0.1, 0.15) is 0 Å². The second-order valence-corrected chi connectivity index (χ2v) is 6.66. The van der Waals surface area contributed by atoms with E-state index in [4.69, 9.17) is 0 Å². The maximum absolute atomic E-state index is 12.2. The molecular weight excluding hydrogens is 350 g/mol. The summed E-state index contributed by atoms with van der Waals surface area (Å²) >= 11 is 0. The summed E-state index contributed by atoms with van der Waals surface area (Å²) in [6.07, 6.45) is 2.72. The van der Waals surface area contributed by atoms with E-state index < -0.39 is 6.09 Å². The number of hydrogen-bond donors (Lipinski definition) is 3. The van der Waals surface area contributed by atoms with Gasteiger partial charge in [0.2, 0.25) is 0 Å². The lowest BCUT2D eigenvalue weighted by molar-refractivity contribution is 0.205. The Kier molecular flexibility index (Phi) is 3.66.